The van der Waals surface area contributed by atoms with E-state index in [4.69, 9.17) is 21.1 Å². The van der Waals surface area contributed by atoms with Crippen LogP contribution in [0.3, 0.4) is 0 Å². The highest BCUT2D eigenvalue weighted by Crippen LogP contribution is 2.36. The molecule has 2 aliphatic heterocycles. The fourth-order valence-corrected chi connectivity index (χ4v) is 3.41. The van der Waals surface area contributed by atoms with Gasteiger partial charge in [-0.1, -0.05) is 23.7 Å². The molecule has 2 saturated heterocycles. The molecule has 22 heavy (non-hydrogen) atoms. The maximum atomic E-state index is 9.88. The first kappa shape index (κ1) is 14.2. The summed E-state index contributed by atoms with van der Waals surface area (Å²) in [5, 5.41) is 10.6. The van der Waals surface area contributed by atoms with Gasteiger partial charge in [0, 0.05) is 23.0 Å². The highest BCUT2D eigenvalue weighted by atomic mass is 35.5. The molecule has 6 heteroatoms. The third kappa shape index (κ3) is 2.16. The molecular weight excluding hydrogens is 304 g/mol. The fourth-order valence-electron chi connectivity index (χ4n) is 3.23. The minimum Gasteiger partial charge on any atom is -0.388 e. The smallest absolute Gasteiger partial charge is 0.140 e. The number of aliphatic hydroxyl groups excluding tert-OH is 1. The lowest BCUT2D eigenvalue weighted by Crippen LogP contribution is -2.30. The Balaban J connectivity index is 1.70. The highest BCUT2D eigenvalue weighted by Gasteiger charge is 2.48. The molecule has 0 spiro atoms. The van der Waals surface area contributed by atoms with Gasteiger partial charge in [0.15, 0.2) is 0 Å². The van der Waals surface area contributed by atoms with Crippen molar-refractivity contribution in [3.63, 3.8) is 0 Å². The summed E-state index contributed by atoms with van der Waals surface area (Å²) >= 11 is 6.23. The Morgan fingerprint density at radius 2 is 2.09 bits per heavy atom. The molecule has 0 radical (unpaired) electrons. The average molecular weight is 321 g/mol. The summed E-state index contributed by atoms with van der Waals surface area (Å²) in [6, 6.07) is 5.94. The van der Waals surface area contributed by atoms with Gasteiger partial charge >= 0.3 is 0 Å². The van der Waals surface area contributed by atoms with E-state index in [1.165, 1.54) is 0 Å². The second-order valence-corrected chi connectivity index (χ2v) is 6.26. The molecule has 4 rings (SSSR count). The molecular formula is C16H17ClN2O3. The summed E-state index contributed by atoms with van der Waals surface area (Å²) in [7, 11) is 0. The number of nitrogens with zero attached hydrogens (tertiary/aromatic N) is 2. The Labute approximate surface area is 133 Å². The summed E-state index contributed by atoms with van der Waals surface area (Å²) in [5.41, 5.74) is 2.00. The van der Waals surface area contributed by atoms with Crippen molar-refractivity contribution in [3.8, 4) is 11.4 Å². The standard InChI is InChI=1S/C16H17ClN2O3/c1-9-2-3-10(6-11(9)17)16-18-4-5-19(16)12-7-21-15-13(20)8-22-14(12)15/h2-6,12-15,20H,7-8H2,1H3/t12-,13+,14+,15+/m0/s1. The number of aryl methyl sites for hydroxylation is 1. The van der Waals surface area contributed by atoms with Crippen LogP contribution in [0.25, 0.3) is 11.4 Å². The van der Waals surface area contributed by atoms with Crippen molar-refractivity contribution in [2.75, 3.05) is 13.2 Å². The second-order valence-electron chi connectivity index (χ2n) is 5.85. The van der Waals surface area contributed by atoms with E-state index in [0.717, 1.165) is 22.0 Å². The van der Waals surface area contributed by atoms with E-state index in [0.29, 0.717) is 13.2 Å². The molecule has 1 aromatic carbocycles. The van der Waals surface area contributed by atoms with Crippen LogP contribution in [0.5, 0.6) is 0 Å². The molecule has 0 bridgehead atoms. The number of hydrogen-bond acceptors (Lipinski definition) is 4. The van der Waals surface area contributed by atoms with Crippen molar-refractivity contribution < 1.29 is 14.6 Å². The molecule has 1 aromatic heterocycles. The normalized spacial score (nSPS) is 30.7. The van der Waals surface area contributed by atoms with Gasteiger partial charge in [-0.2, -0.15) is 0 Å². The van der Waals surface area contributed by atoms with Crippen molar-refractivity contribution in [1.82, 2.24) is 9.55 Å². The number of aliphatic hydroxyl groups is 1. The van der Waals surface area contributed by atoms with E-state index in [2.05, 4.69) is 9.55 Å². The second kappa shape index (κ2) is 5.35. The van der Waals surface area contributed by atoms with Crippen LogP contribution in [0.2, 0.25) is 5.02 Å². The zero-order valence-corrected chi connectivity index (χ0v) is 12.9. The van der Waals surface area contributed by atoms with E-state index in [1.54, 1.807) is 6.20 Å². The Kier molecular flexibility index (Phi) is 3.46. The van der Waals surface area contributed by atoms with Crippen LogP contribution < -0.4 is 0 Å². The first-order valence-electron chi connectivity index (χ1n) is 7.36. The van der Waals surface area contributed by atoms with Crippen molar-refractivity contribution in [2.24, 2.45) is 0 Å². The number of aromatic nitrogens is 2. The number of imidazole rings is 1. The van der Waals surface area contributed by atoms with Crippen molar-refractivity contribution in [1.29, 1.82) is 0 Å². The van der Waals surface area contributed by atoms with E-state index in [1.807, 2.05) is 31.3 Å². The van der Waals surface area contributed by atoms with Crippen molar-refractivity contribution in [3.05, 3.63) is 41.2 Å². The lowest BCUT2D eigenvalue weighted by Gasteiger charge is -2.19. The van der Waals surface area contributed by atoms with Gasteiger partial charge in [0.1, 0.15) is 24.1 Å². The van der Waals surface area contributed by atoms with E-state index < -0.39 is 6.10 Å². The summed E-state index contributed by atoms with van der Waals surface area (Å²) in [4.78, 5) is 4.47. The molecule has 0 unspecified atom stereocenters. The Morgan fingerprint density at radius 1 is 1.27 bits per heavy atom. The van der Waals surface area contributed by atoms with Gasteiger partial charge in [-0.25, -0.2) is 4.98 Å². The van der Waals surface area contributed by atoms with E-state index in [9.17, 15) is 5.11 Å². The maximum Gasteiger partial charge on any atom is 0.140 e. The topological polar surface area (TPSA) is 56.5 Å². The molecule has 2 aliphatic rings. The van der Waals surface area contributed by atoms with Crippen LogP contribution in [-0.4, -0.2) is 46.2 Å². The van der Waals surface area contributed by atoms with E-state index >= 15 is 0 Å². The number of rotatable bonds is 2. The quantitative estimate of drug-likeness (QED) is 0.921. The van der Waals surface area contributed by atoms with Gasteiger partial charge in [-0.15, -0.1) is 0 Å². The minimum absolute atomic E-state index is 0.0136. The molecule has 3 heterocycles. The molecule has 2 aromatic rings. The predicted octanol–water partition coefficient (Wildman–Crippen LogP) is 2.21. The van der Waals surface area contributed by atoms with Crippen molar-refractivity contribution >= 4 is 11.6 Å². The molecule has 0 aliphatic carbocycles. The molecule has 2 fully saturated rings. The number of hydrogen-bond donors (Lipinski definition) is 1. The summed E-state index contributed by atoms with van der Waals surface area (Å²) < 4.78 is 13.5. The first-order valence-corrected chi connectivity index (χ1v) is 7.73. The lowest BCUT2D eigenvalue weighted by atomic mass is 10.1. The van der Waals surface area contributed by atoms with Gasteiger partial charge in [0.05, 0.1) is 19.3 Å². The number of fused-ring (bicyclic) bond motifs is 1. The minimum atomic E-state index is -0.546. The van der Waals surface area contributed by atoms with Crippen LogP contribution in [0, 0.1) is 6.92 Å². The number of benzene rings is 1. The van der Waals surface area contributed by atoms with Crippen LogP contribution >= 0.6 is 11.6 Å². The van der Waals surface area contributed by atoms with Crippen molar-refractivity contribution in [2.45, 2.75) is 31.3 Å². The SMILES string of the molecule is Cc1ccc(-c2nccn2[C@H]2CO[C@H]3[C@@H]2OC[C@H]3O)cc1Cl. The number of halogens is 1. The van der Waals surface area contributed by atoms with Gasteiger partial charge in [0.2, 0.25) is 0 Å². The number of ether oxygens (including phenoxy) is 2. The average Bonchev–Trinajstić information content (AvgIpc) is 3.19. The zero-order valence-electron chi connectivity index (χ0n) is 12.1. The summed E-state index contributed by atoms with van der Waals surface area (Å²) in [6.07, 6.45) is 2.76. The lowest BCUT2D eigenvalue weighted by molar-refractivity contribution is 0.0172. The summed E-state index contributed by atoms with van der Waals surface area (Å²) in [6.45, 7) is 2.81. The Hall–Kier alpha value is -1.40. The van der Waals surface area contributed by atoms with Gasteiger partial charge < -0.3 is 19.1 Å². The maximum absolute atomic E-state index is 9.88. The van der Waals surface area contributed by atoms with Crippen LogP contribution in [0.15, 0.2) is 30.6 Å². The van der Waals surface area contributed by atoms with Crippen LogP contribution in [-0.2, 0) is 9.47 Å². The largest absolute Gasteiger partial charge is 0.388 e. The van der Waals surface area contributed by atoms with Gasteiger partial charge in [-0.3, -0.25) is 0 Å². The third-order valence-corrected chi connectivity index (χ3v) is 4.86. The van der Waals surface area contributed by atoms with Gasteiger partial charge in [-0.05, 0) is 18.6 Å². The monoisotopic (exact) mass is 320 g/mol. The van der Waals surface area contributed by atoms with Gasteiger partial charge in [0.25, 0.3) is 0 Å². The molecule has 0 saturated carbocycles. The third-order valence-electron chi connectivity index (χ3n) is 4.46. The zero-order chi connectivity index (χ0) is 15.3. The summed E-state index contributed by atoms with van der Waals surface area (Å²) in [5.74, 6) is 0.834. The predicted molar refractivity (Wildman–Crippen MR) is 81.9 cm³/mol. The molecule has 4 atom stereocenters. The Morgan fingerprint density at radius 3 is 2.91 bits per heavy atom. The first-order chi connectivity index (χ1) is 10.6. The van der Waals surface area contributed by atoms with Crippen LogP contribution in [0.1, 0.15) is 11.6 Å². The van der Waals surface area contributed by atoms with E-state index in [-0.39, 0.29) is 18.2 Å². The van der Waals surface area contributed by atoms with Crippen LogP contribution in [0.4, 0.5) is 0 Å². The molecule has 5 nitrogen and oxygen atoms in total. The highest BCUT2D eigenvalue weighted by molar-refractivity contribution is 6.31. The molecule has 0 amide bonds. The molecule has 1 N–H and O–H groups in total. The molecule has 116 valence electrons. The Bertz CT molecular complexity index is 702. The fraction of sp³-hybridized carbons (Fsp3) is 0.438.